The first-order valence-corrected chi connectivity index (χ1v) is 7.92. The van der Waals surface area contributed by atoms with Crippen molar-refractivity contribution in [1.29, 1.82) is 0 Å². The Balaban J connectivity index is 1.92. The highest BCUT2D eigenvalue weighted by atomic mass is 16.5. The van der Waals surface area contributed by atoms with E-state index in [9.17, 15) is 5.11 Å². The molecule has 0 aromatic heterocycles. The summed E-state index contributed by atoms with van der Waals surface area (Å²) in [4.78, 5) is 2.10. The minimum absolute atomic E-state index is 0.0690. The fourth-order valence-corrected chi connectivity index (χ4v) is 2.29. The summed E-state index contributed by atoms with van der Waals surface area (Å²) in [6.07, 6.45) is 0. The predicted molar refractivity (Wildman–Crippen MR) is 94.9 cm³/mol. The van der Waals surface area contributed by atoms with Crippen LogP contribution in [0.15, 0.2) is 48.5 Å². The van der Waals surface area contributed by atoms with Crippen LogP contribution >= 0.6 is 0 Å². The van der Waals surface area contributed by atoms with Crippen molar-refractivity contribution in [3.63, 3.8) is 0 Å². The number of aliphatic hydroxyl groups is 1. The molecule has 0 radical (unpaired) electrons. The zero-order valence-electron chi connectivity index (χ0n) is 14.1. The van der Waals surface area contributed by atoms with Crippen LogP contribution in [0.25, 0.3) is 0 Å². The van der Waals surface area contributed by atoms with Crippen LogP contribution in [-0.2, 0) is 6.61 Å². The Kier molecular flexibility index (Phi) is 6.44. The van der Waals surface area contributed by atoms with Crippen LogP contribution in [0.4, 0.5) is 5.69 Å². The lowest BCUT2D eigenvalue weighted by Crippen LogP contribution is -2.19. The van der Waals surface area contributed by atoms with Gasteiger partial charge < -0.3 is 20.1 Å². The summed E-state index contributed by atoms with van der Waals surface area (Å²) in [7, 11) is 4.06. The molecule has 4 nitrogen and oxygen atoms in total. The van der Waals surface area contributed by atoms with E-state index in [2.05, 4.69) is 23.2 Å². The van der Waals surface area contributed by atoms with Crippen molar-refractivity contribution in [3.8, 4) is 5.75 Å². The molecule has 0 heterocycles. The fourth-order valence-electron chi connectivity index (χ4n) is 2.29. The number of anilines is 1. The first-order chi connectivity index (χ1) is 11.1. The molecule has 23 heavy (non-hydrogen) atoms. The van der Waals surface area contributed by atoms with Crippen LogP contribution in [0.3, 0.4) is 0 Å². The number of ether oxygens (including phenoxy) is 1. The molecule has 0 aliphatic rings. The van der Waals surface area contributed by atoms with Crippen LogP contribution in [0.5, 0.6) is 5.75 Å². The highest BCUT2D eigenvalue weighted by Crippen LogP contribution is 2.22. The molecule has 1 unspecified atom stereocenters. The van der Waals surface area contributed by atoms with E-state index in [1.54, 1.807) is 0 Å². The summed E-state index contributed by atoms with van der Waals surface area (Å²) in [5.41, 5.74) is 3.13. The third-order valence-electron chi connectivity index (χ3n) is 3.68. The minimum Gasteiger partial charge on any atom is -0.492 e. The lowest BCUT2D eigenvalue weighted by atomic mass is 10.1. The number of hydrogen-bond acceptors (Lipinski definition) is 4. The van der Waals surface area contributed by atoms with E-state index < -0.39 is 0 Å². The molecule has 2 N–H and O–H groups in total. The second-order valence-electron chi connectivity index (χ2n) is 5.95. The third-order valence-corrected chi connectivity index (χ3v) is 3.68. The molecule has 0 amide bonds. The number of aliphatic hydroxyl groups excluding tert-OH is 1. The Hall–Kier alpha value is -2.04. The second-order valence-corrected chi connectivity index (χ2v) is 5.95. The molecule has 0 saturated heterocycles. The van der Waals surface area contributed by atoms with Crippen molar-refractivity contribution >= 4 is 5.69 Å². The molecule has 0 aliphatic carbocycles. The molecule has 0 fully saturated rings. The number of nitrogens with zero attached hydrogens (tertiary/aromatic N) is 1. The maximum Gasteiger partial charge on any atom is 0.119 e. The normalized spacial score (nSPS) is 12.2. The standard InChI is InChI=1S/C19H26N2O2/c1-15(17-6-4-5-16(13-17)14-22)20-18-7-9-19(10-8-18)23-12-11-21(2)3/h4-10,13,15,20,22H,11-12,14H2,1-3H3. The van der Waals surface area contributed by atoms with E-state index in [0.717, 1.165) is 29.1 Å². The molecule has 0 bridgehead atoms. The largest absolute Gasteiger partial charge is 0.492 e. The smallest absolute Gasteiger partial charge is 0.119 e. The molecule has 4 heteroatoms. The number of rotatable bonds is 8. The monoisotopic (exact) mass is 314 g/mol. The van der Waals surface area contributed by atoms with Gasteiger partial charge in [0.05, 0.1) is 6.61 Å². The average Bonchev–Trinajstić information content (AvgIpc) is 2.56. The molecular weight excluding hydrogens is 288 g/mol. The summed E-state index contributed by atoms with van der Waals surface area (Å²) in [6.45, 7) is 3.76. The van der Waals surface area contributed by atoms with Crippen LogP contribution in [0.1, 0.15) is 24.1 Å². The summed E-state index contributed by atoms with van der Waals surface area (Å²) >= 11 is 0. The Labute approximate surface area is 138 Å². The second kappa shape index (κ2) is 8.56. The molecule has 2 aromatic carbocycles. The fraction of sp³-hybridized carbons (Fsp3) is 0.368. The van der Waals surface area contributed by atoms with Gasteiger partial charge in [-0.2, -0.15) is 0 Å². The topological polar surface area (TPSA) is 44.7 Å². The van der Waals surface area contributed by atoms with E-state index in [4.69, 9.17) is 4.74 Å². The number of hydrogen-bond donors (Lipinski definition) is 2. The lowest BCUT2D eigenvalue weighted by molar-refractivity contribution is 0.261. The van der Waals surface area contributed by atoms with Crippen molar-refractivity contribution in [3.05, 3.63) is 59.7 Å². The summed E-state index contributed by atoms with van der Waals surface area (Å²) in [5, 5.41) is 12.7. The van der Waals surface area contributed by atoms with Crippen molar-refractivity contribution in [2.45, 2.75) is 19.6 Å². The molecule has 1 atom stereocenters. The summed E-state index contributed by atoms with van der Waals surface area (Å²) in [6, 6.07) is 16.2. The van der Waals surface area contributed by atoms with Gasteiger partial charge in [0.25, 0.3) is 0 Å². The Morgan fingerprint density at radius 3 is 2.52 bits per heavy atom. The molecule has 0 spiro atoms. The van der Waals surface area contributed by atoms with Crippen molar-refractivity contribution in [2.75, 3.05) is 32.6 Å². The summed E-state index contributed by atoms with van der Waals surface area (Å²) in [5.74, 6) is 0.882. The van der Waals surface area contributed by atoms with Crippen molar-refractivity contribution in [1.82, 2.24) is 4.90 Å². The Morgan fingerprint density at radius 1 is 1.13 bits per heavy atom. The zero-order chi connectivity index (χ0) is 16.7. The minimum atomic E-state index is 0.0690. The van der Waals surface area contributed by atoms with E-state index in [1.165, 1.54) is 0 Å². The van der Waals surface area contributed by atoms with E-state index in [1.807, 2.05) is 56.6 Å². The van der Waals surface area contributed by atoms with Crippen LogP contribution in [0, 0.1) is 0 Å². The maximum atomic E-state index is 9.23. The van der Waals surface area contributed by atoms with E-state index in [-0.39, 0.29) is 12.6 Å². The summed E-state index contributed by atoms with van der Waals surface area (Å²) < 4.78 is 5.69. The van der Waals surface area contributed by atoms with Gasteiger partial charge in [0.2, 0.25) is 0 Å². The van der Waals surface area contributed by atoms with Gasteiger partial charge in [-0.3, -0.25) is 0 Å². The maximum absolute atomic E-state index is 9.23. The van der Waals surface area contributed by atoms with Gasteiger partial charge in [-0.1, -0.05) is 24.3 Å². The molecule has 124 valence electrons. The van der Waals surface area contributed by atoms with Crippen LogP contribution in [-0.4, -0.2) is 37.3 Å². The molecule has 2 rings (SSSR count). The molecular formula is C19H26N2O2. The Bertz CT molecular complexity index is 597. The van der Waals surface area contributed by atoms with Gasteiger partial charge in [-0.15, -0.1) is 0 Å². The van der Waals surface area contributed by atoms with Gasteiger partial charge in [0.1, 0.15) is 12.4 Å². The molecule has 0 aliphatic heterocycles. The molecule has 0 saturated carbocycles. The van der Waals surface area contributed by atoms with Gasteiger partial charge in [0.15, 0.2) is 0 Å². The first-order valence-electron chi connectivity index (χ1n) is 7.92. The number of benzene rings is 2. The number of nitrogens with one attached hydrogen (secondary N) is 1. The van der Waals surface area contributed by atoms with Gasteiger partial charge >= 0.3 is 0 Å². The number of likely N-dealkylation sites (N-methyl/N-ethyl adjacent to an activating group) is 1. The van der Waals surface area contributed by atoms with Gasteiger partial charge in [-0.25, -0.2) is 0 Å². The average molecular weight is 314 g/mol. The molecule has 2 aromatic rings. The third kappa shape index (κ3) is 5.58. The highest BCUT2D eigenvalue weighted by molar-refractivity contribution is 5.48. The van der Waals surface area contributed by atoms with Gasteiger partial charge in [-0.05, 0) is 56.4 Å². The van der Waals surface area contributed by atoms with E-state index in [0.29, 0.717) is 6.61 Å². The van der Waals surface area contributed by atoms with Gasteiger partial charge in [0, 0.05) is 18.3 Å². The lowest BCUT2D eigenvalue weighted by Gasteiger charge is -2.17. The van der Waals surface area contributed by atoms with Crippen LogP contribution in [0.2, 0.25) is 0 Å². The quantitative estimate of drug-likeness (QED) is 0.785. The zero-order valence-corrected chi connectivity index (χ0v) is 14.1. The Morgan fingerprint density at radius 2 is 1.87 bits per heavy atom. The van der Waals surface area contributed by atoms with Crippen LogP contribution < -0.4 is 10.1 Å². The van der Waals surface area contributed by atoms with Crippen molar-refractivity contribution in [2.24, 2.45) is 0 Å². The first kappa shape index (κ1) is 17.3. The highest BCUT2D eigenvalue weighted by Gasteiger charge is 2.06. The van der Waals surface area contributed by atoms with Crippen molar-refractivity contribution < 1.29 is 9.84 Å². The SMILES string of the molecule is CC(Nc1ccc(OCCN(C)C)cc1)c1cccc(CO)c1. The predicted octanol–water partition coefficient (Wildman–Crippen LogP) is 3.29. The van der Waals surface area contributed by atoms with E-state index >= 15 is 0 Å².